The zero-order valence-electron chi connectivity index (χ0n) is 12.1. The summed E-state index contributed by atoms with van der Waals surface area (Å²) in [5.74, 6) is 0.157. The number of nitrogens with one attached hydrogen (secondary N) is 2. The number of nitrogens with zero attached hydrogens (tertiary/aromatic N) is 1. The maximum atomic E-state index is 12.2. The van der Waals surface area contributed by atoms with E-state index in [0.717, 1.165) is 22.9 Å². The van der Waals surface area contributed by atoms with Crippen LogP contribution in [0.3, 0.4) is 0 Å². The van der Waals surface area contributed by atoms with Gasteiger partial charge in [0, 0.05) is 43.2 Å². The summed E-state index contributed by atoms with van der Waals surface area (Å²) in [7, 11) is 1.78. The van der Waals surface area contributed by atoms with Crippen molar-refractivity contribution >= 4 is 22.7 Å². The summed E-state index contributed by atoms with van der Waals surface area (Å²) in [6.07, 6.45) is 3.48. The Kier molecular flexibility index (Phi) is 3.64. The molecule has 0 bridgehead atoms. The highest BCUT2D eigenvalue weighted by Gasteiger charge is 2.24. The number of hydrogen-bond donors (Lipinski definition) is 2. The smallest absolute Gasteiger partial charge is 0.224 e. The normalized spacial score (nSPS) is 19.0. The predicted molar refractivity (Wildman–Crippen MR) is 80.8 cm³/mol. The number of H-pyrrole nitrogens is 1. The van der Waals surface area contributed by atoms with Gasteiger partial charge in [-0.15, -0.1) is 0 Å². The third-order valence-corrected chi connectivity index (χ3v) is 4.02. The van der Waals surface area contributed by atoms with Gasteiger partial charge in [0.05, 0.1) is 6.42 Å². The lowest BCUT2D eigenvalue weighted by Gasteiger charge is -2.30. The van der Waals surface area contributed by atoms with Gasteiger partial charge in [-0.3, -0.25) is 9.59 Å². The molecule has 5 heteroatoms. The zero-order valence-corrected chi connectivity index (χ0v) is 12.1. The third-order valence-electron chi connectivity index (χ3n) is 4.02. The second-order valence-electron chi connectivity index (χ2n) is 5.61. The number of benzene rings is 1. The molecular weight excluding hydrogens is 266 g/mol. The third kappa shape index (κ3) is 2.91. The lowest BCUT2D eigenvalue weighted by atomic mass is 10.0. The summed E-state index contributed by atoms with van der Waals surface area (Å²) in [4.78, 5) is 28.5. The zero-order chi connectivity index (χ0) is 14.8. The summed E-state index contributed by atoms with van der Waals surface area (Å²) in [6.45, 7) is 0.596. The minimum Gasteiger partial charge on any atom is -0.361 e. The second-order valence-corrected chi connectivity index (χ2v) is 5.61. The highest BCUT2D eigenvalue weighted by atomic mass is 16.2. The largest absolute Gasteiger partial charge is 0.361 e. The van der Waals surface area contributed by atoms with Gasteiger partial charge in [-0.05, 0) is 18.1 Å². The average Bonchev–Trinajstić information content (AvgIpc) is 2.86. The van der Waals surface area contributed by atoms with Crippen LogP contribution in [0.4, 0.5) is 0 Å². The molecule has 1 unspecified atom stereocenters. The maximum absolute atomic E-state index is 12.2. The van der Waals surface area contributed by atoms with Gasteiger partial charge in [0.15, 0.2) is 0 Å². The van der Waals surface area contributed by atoms with Crippen molar-refractivity contribution < 1.29 is 9.59 Å². The standard InChI is InChI=1S/C16H19N3O2/c1-19-10-12(6-7-16(19)21)18-15(20)8-11-9-17-14-5-3-2-4-13(11)14/h2-5,9,12,17H,6-8,10H2,1H3,(H,18,20). The van der Waals surface area contributed by atoms with Gasteiger partial charge in [0.1, 0.15) is 0 Å². The van der Waals surface area contributed by atoms with Crippen LogP contribution in [0.5, 0.6) is 0 Å². The molecule has 5 nitrogen and oxygen atoms in total. The molecule has 0 spiro atoms. The Bertz CT molecular complexity index is 677. The number of piperidine rings is 1. The number of fused-ring (bicyclic) bond motifs is 1. The Labute approximate surface area is 123 Å². The van der Waals surface area contributed by atoms with Gasteiger partial charge >= 0.3 is 0 Å². The van der Waals surface area contributed by atoms with Crippen molar-refractivity contribution in [2.75, 3.05) is 13.6 Å². The fraction of sp³-hybridized carbons (Fsp3) is 0.375. The topological polar surface area (TPSA) is 65.2 Å². The molecule has 1 aromatic carbocycles. The van der Waals surface area contributed by atoms with Gasteiger partial charge in [-0.25, -0.2) is 0 Å². The number of amides is 2. The lowest BCUT2D eigenvalue weighted by molar-refractivity contribution is -0.133. The summed E-state index contributed by atoms with van der Waals surface area (Å²) in [5.41, 5.74) is 2.05. The Morgan fingerprint density at radius 2 is 2.24 bits per heavy atom. The highest BCUT2D eigenvalue weighted by molar-refractivity contribution is 5.89. The van der Waals surface area contributed by atoms with Crippen LogP contribution in [0.1, 0.15) is 18.4 Å². The molecule has 1 atom stereocenters. The number of rotatable bonds is 3. The van der Waals surface area contributed by atoms with E-state index in [0.29, 0.717) is 19.4 Å². The number of para-hydroxylation sites is 1. The van der Waals surface area contributed by atoms with Crippen LogP contribution in [0.25, 0.3) is 10.9 Å². The fourth-order valence-electron chi connectivity index (χ4n) is 2.86. The quantitative estimate of drug-likeness (QED) is 0.896. The van der Waals surface area contributed by atoms with Crippen LogP contribution in [0, 0.1) is 0 Å². The van der Waals surface area contributed by atoms with Crippen molar-refractivity contribution in [3.05, 3.63) is 36.0 Å². The van der Waals surface area contributed by atoms with Gasteiger partial charge in [-0.2, -0.15) is 0 Å². The lowest BCUT2D eigenvalue weighted by Crippen LogP contribution is -2.48. The highest BCUT2D eigenvalue weighted by Crippen LogP contribution is 2.18. The van der Waals surface area contributed by atoms with Gasteiger partial charge in [0.25, 0.3) is 0 Å². The van der Waals surface area contributed by atoms with Crippen molar-refractivity contribution in [2.45, 2.75) is 25.3 Å². The van der Waals surface area contributed by atoms with E-state index < -0.39 is 0 Å². The number of carbonyl (C=O) groups is 2. The molecule has 0 saturated carbocycles. The molecular formula is C16H19N3O2. The van der Waals surface area contributed by atoms with E-state index in [-0.39, 0.29) is 17.9 Å². The van der Waals surface area contributed by atoms with E-state index in [4.69, 9.17) is 0 Å². The van der Waals surface area contributed by atoms with E-state index in [1.54, 1.807) is 11.9 Å². The number of carbonyl (C=O) groups excluding carboxylic acids is 2. The number of aromatic amines is 1. The Balaban J connectivity index is 1.63. The van der Waals surface area contributed by atoms with Gasteiger partial charge in [-0.1, -0.05) is 18.2 Å². The van der Waals surface area contributed by atoms with Crippen LogP contribution in [-0.4, -0.2) is 41.3 Å². The van der Waals surface area contributed by atoms with E-state index in [2.05, 4.69) is 10.3 Å². The first kappa shape index (κ1) is 13.7. The number of likely N-dealkylation sites (N-methyl/N-ethyl adjacent to an activating group) is 1. The summed E-state index contributed by atoms with van der Waals surface area (Å²) in [6, 6.07) is 8.02. The Morgan fingerprint density at radius 1 is 1.43 bits per heavy atom. The van der Waals surface area contributed by atoms with Crippen molar-refractivity contribution in [2.24, 2.45) is 0 Å². The molecule has 3 rings (SSSR count). The molecule has 1 fully saturated rings. The summed E-state index contributed by atoms with van der Waals surface area (Å²) in [5, 5.41) is 4.11. The Hall–Kier alpha value is -2.30. The van der Waals surface area contributed by atoms with E-state index in [9.17, 15) is 9.59 Å². The van der Waals surface area contributed by atoms with Crippen molar-refractivity contribution in [3.8, 4) is 0 Å². The van der Waals surface area contributed by atoms with E-state index >= 15 is 0 Å². The van der Waals surface area contributed by atoms with Gasteiger partial charge in [0.2, 0.25) is 11.8 Å². The van der Waals surface area contributed by atoms with Crippen molar-refractivity contribution in [3.63, 3.8) is 0 Å². The molecule has 1 saturated heterocycles. The van der Waals surface area contributed by atoms with E-state index in [1.165, 1.54) is 0 Å². The van der Waals surface area contributed by atoms with Crippen molar-refractivity contribution in [1.82, 2.24) is 15.2 Å². The monoisotopic (exact) mass is 285 g/mol. The number of likely N-dealkylation sites (tertiary alicyclic amines) is 1. The van der Waals surface area contributed by atoms with Crippen LogP contribution < -0.4 is 5.32 Å². The first-order chi connectivity index (χ1) is 10.1. The fourth-order valence-corrected chi connectivity index (χ4v) is 2.86. The molecule has 110 valence electrons. The minimum atomic E-state index is 0.00695. The van der Waals surface area contributed by atoms with Crippen LogP contribution in [0.2, 0.25) is 0 Å². The van der Waals surface area contributed by atoms with Crippen LogP contribution >= 0.6 is 0 Å². The number of hydrogen-bond acceptors (Lipinski definition) is 2. The molecule has 0 radical (unpaired) electrons. The molecule has 2 N–H and O–H groups in total. The van der Waals surface area contributed by atoms with Crippen LogP contribution in [0.15, 0.2) is 30.5 Å². The first-order valence-electron chi connectivity index (χ1n) is 7.22. The molecule has 1 aliphatic heterocycles. The van der Waals surface area contributed by atoms with Gasteiger partial charge < -0.3 is 15.2 Å². The molecule has 1 aliphatic rings. The molecule has 2 aromatic rings. The molecule has 2 amide bonds. The van der Waals surface area contributed by atoms with E-state index in [1.807, 2.05) is 30.5 Å². The average molecular weight is 285 g/mol. The second kappa shape index (κ2) is 5.60. The minimum absolute atomic E-state index is 0.00695. The van der Waals surface area contributed by atoms with Crippen LogP contribution in [-0.2, 0) is 16.0 Å². The summed E-state index contributed by atoms with van der Waals surface area (Å²) < 4.78 is 0. The maximum Gasteiger partial charge on any atom is 0.224 e. The SMILES string of the molecule is CN1CC(NC(=O)Cc2c[nH]c3ccccc23)CCC1=O. The molecule has 21 heavy (non-hydrogen) atoms. The first-order valence-corrected chi connectivity index (χ1v) is 7.22. The predicted octanol–water partition coefficient (Wildman–Crippen LogP) is 1.45. The molecule has 1 aromatic heterocycles. The van der Waals surface area contributed by atoms with Crippen molar-refractivity contribution in [1.29, 1.82) is 0 Å². The molecule has 2 heterocycles. The number of aromatic nitrogens is 1. The Morgan fingerprint density at radius 3 is 3.05 bits per heavy atom. The molecule has 0 aliphatic carbocycles. The summed E-state index contributed by atoms with van der Waals surface area (Å²) >= 11 is 0.